The van der Waals surface area contributed by atoms with Crippen molar-refractivity contribution in [1.29, 1.82) is 0 Å². The van der Waals surface area contributed by atoms with Gasteiger partial charge in [-0.15, -0.1) is 0 Å². The first-order valence-electron chi connectivity index (χ1n) is 9.22. The Balaban J connectivity index is 1.74. The number of carbonyl (C=O) groups is 2. The van der Waals surface area contributed by atoms with Crippen LogP contribution >= 0.6 is 11.6 Å². The highest BCUT2D eigenvalue weighted by Gasteiger charge is 2.47. The van der Waals surface area contributed by atoms with Crippen LogP contribution in [0.4, 0.5) is 32.4 Å². The molecule has 1 aliphatic heterocycles. The molecule has 172 valence electrons. The molecule has 1 saturated heterocycles. The highest BCUT2D eigenvalue weighted by molar-refractivity contribution is 6.30. The first-order chi connectivity index (χ1) is 14.9. The molecule has 1 fully saturated rings. The SMILES string of the molecule is O=C(NCc1cc(F)cc(Cl)c1)OC1(O)CCCN(c2cc(C(F)(F)F)ccc2F)C1=O. The molecule has 0 radical (unpaired) electrons. The molecule has 0 aliphatic carbocycles. The molecule has 0 saturated carbocycles. The molecule has 2 amide bonds. The number of carbonyl (C=O) groups excluding carboxylic acids is 2. The van der Waals surface area contributed by atoms with Crippen LogP contribution < -0.4 is 10.2 Å². The lowest BCUT2D eigenvalue weighted by molar-refractivity contribution is -0.188. The van der Waals surface area contributed by atoms with E-state index in [9.17, 15) is 36.6 Å². The fourth-order valence-electron chi connectivity index (χ4n) is 3.19. The van der Waals surface area contributed by atoms with Gasteiger partial charge in [0.05, 0.1) is 11.3 Å². The predicted molar refractivity (Wildman–Crippen MR) is 103 cm³/mol. The Morgan fingerprint density at radius 1 is 1.22 bits per heavy atom. The summed E-state index contributed by atoms with van der Waals surface area (Å²) in [4.78, 5) is 25.4. The number of hydrogen-bond acceptors (Lipinski definition) is 4. The van der Waals surface area contributed by atoms with E-state index in [2.05, 4.69) is 5.32 Å². The normalized spacial score (nSPS) is 19.1. The second-order valence-electron chi connectivity index (χ2n) is 7.03. The second kappa shape index (κ2) is 8.91. The smallest absolute Gasteiger partial charge is 0.407 e. The van der Waals surface area contributed by atoms with E-state index in [1.165, 1.54) is 6.07 Å². The lowest BCUT2D eigenvalue weighted by Crippen LogP contribution is -2.57. The van der Waals surface area contributed by atoms with Gasteiger partial charge in [0.2, 0.25) is 0 Å². The maximum atomic E-state index is 14.2. The molecule has 1 atom stereocenters. The maximum Gasteiger partial charge on any atom is 0.416 e. The van der Waals surface area contributed by atoms with Crippen LogP contribution in [0.2, 0.25) is 5.02 Å². The molecule has 2 aromatic carbocycles. The Kier molecular flexibility index (Phi) is 6.61. The fraction of sp³-hybridized carbons (Fsp3) is 0.300. The zero-order chi connectivity index (χ0) is 23.7. The summed E-state index contributed by atoms with van der Waals surface area (Å²) in [5.74, 6) is -5.81. The van der Waals surface area contributed by atoms with Crippen molar-refractivity contribution in [1.82, 2.24) is 5.32 Å². The summed E-state index contributed by atoms with van der Waals surface area (Å²) in [6.07, 6.45) is -6.40. The second-order valence-corrected chi connectivity index (χ2v) is 7.47. The monoisotopic (exact) mass is 478 g/mol. The fourth-order valence-corrected chi connectivity index (χ4v) is 3.44. The molecule has 0 bridgehead atoms. The van der Waals surface area contributed by atoms with E-state index in [4.69, 9.17) is 16.3 Å². The first kappa shape index (κ1) is 23.7. The van der Waals surface area contributed by atoms with E-state index >= 15 is 0 Å². The number of amides is 2. The zero-order valence-corrected chi connectivity index (χ0v) is 16.9. The molecular weight excluding hydrogens is 463 g/mol. The number of hydrogen-bond donors (Lipinski definition) is 2. The molecular formula is C20H16ClF5N2O4. The molecule has 1 heterocycles. The largest absolute Gasteiger partial charge is 0.416 e. The third-order valence-corrected chi connectivity index (χ3v) is 4.88. The molecule has 1 aliphatic rings. The molecule has 3 rings (SSSR count). The average Bonchev–Trinajstić information content (AvgIpc) is 2.68. The van der Waals surface area contributed by atoms with Gasteiger partial charge < -0.3 is 20.1 Å². The van der Waals surface area contributed by atoms with Gasteiger partial charge in [-0.1, -0.05) is 11.6 Å². The Morgan fingerprint density at radius 3 is 2.59 bits per heavy atom. The van der Waals surface area contributed by atoms with Crippen molar-refractivity contribution >= 4 is 29.3 Å². The number of rotatable bonds is 4. The van der Waals surface area contributed by atoms with E-state index in [0.29, 0.717) is 23.1 Å². The van der Waals surface area contributed by atoms with E-state index in [1.54, 1.807) is 0 Å². The van der Waals surface area contributed by atoms with Gasteiger partial charge in [-0.3, -0.25) is 4.79 Å². The topological polar surface area (TPSA) is 78.9 Å². The van der Waals surface area contributed by atoms with Crippen LogP contribution in [0.5, 0.6) is 0 Å². The van der Waals surface area contributed by atoms with Gasteiger partial charge in [-0.2, -0.15) is 13.2 Å². The summed E-state index contributed by atoms with van der Waals surface area (Å²) in [7, 11) is 0. The number of ether oxygens (including phenoxy) is 1. The van der Waals surface area contributed by atoms with Gasteiger partial charge in [-0.25, -0.2) is 13.6 Å². The highest BCUT2D eigenvalue weighted by Crippen LogP contribution is 2.35. The quantitative estimate of drug-likeness (QED) is 0.505. The average molecular weight is 479 g/mol. The lowest BCUT2D eigenvalue weighted by Gasteiger charge is -2.37. The molecule has 32 heavy (non-hydrogen) atoms. The van der Waals surface area contributed by atoms with Crippen molar-refractivity contribution < 1.29 is 41.4 Å². The minimum absolute atomic E-state index is 0.00467. The number of benzene rings is 2. The minimum atomic E-state index is -4.78. The van der Waals surface area contributed by atoms with Crippen molar-refractivity contribution in [3.05, 3.63) is 64.2 Å². The zero-order valence-electron chi connectivity index (χ0n) is 16.2. The van der Waals surface area contributed by atoms with Crippen molar-refractivity contribution in [3.63, 3.8) is 0 Å². The minimum Gasteiger partial charge on any atom is -0.407 e. The lowest BCUT2D eigenvalue weighted by atomic mass is 10.0. The standard InChI is InChI=1S/C20H16ClF5N2O4/c21-13-6-11(7-14(22)9-13)10-27-18(30)32-19(31)4-1-5-28(17(19)29)16-8-12(20(24,25)26)2-3-15(16)23/h2-3,6-9,31H,1,4-5,10H2,(H,27,30). The van der Waals surface area contributed by atoms with Gasteiger partial charge in [-0.05, 0) is 48.4 Å². The molecule has 12 heteroatoms. The number of nitrogens with one attached hydrogen (secondary N) is 1. The number of piperidine rings is 1. The van der Waals surface area contributed by atoms with Crippen molar-refractivity contribution in [3.8, 4) is 0 Å². The Bertz CT molecular complexity index is 1030. The summed E-state index contributed by atoms with van der Waals surface area (Å²) in [5.41, 5.74) is -1.63. The van der Waals surface area contributed by atoms with Gasteiger partial charge in [0.1, 0.15) is 11.6 Å². The number of alkyl halides is 3. The number of anilines is 1. The first-order valence-corrected chi connectivity index (χ1v) is 9.60. The molecule has 0 aromatic heterocycles. The molecule has 2 N–H and O–H groups in total. The van der Waals surface area contributed by atoms with Crippen molar-refractivity contribution in [2.45, 2.75) is 31.3 Å². The Hall–Kier alpha value is -2.92. The molecule has 6 nitrogen and oxygen atoms in total. The summed E-state index contributed by atoms with van der Waals surface area (Å²) in [5, 5.41) is 12.8. The highest BCUT2D eigenvalue weighted by atomic mass is 35.5. The van der Waals surface area contributed by atoms with Gasteiger partial charge in [0.15, 0.2) is 0 Å². The van der Waals surface area contributed by atoms with Crippen LogP contribution in [0.1, 0.15) is 24.0 Å². The molecule has 2 aromatic rings. The summed E-state index contributed by atoms with van der Waals surface area (Å²) < 4.78 is 71.3. The maximum absolute atomic E-state index is 14.2. The Labute approximate surface area is 183 Å². The number of aliphatic hydroxyl groups is 1. The number of halogens is 6. The van der Waals surface area contributed by atoms with Crippen LogP contribution in [0.15, 0.2) is 36.4 Å². The van der Waals surface area contributed by atoms with E-state index < -0.39 is 46.8 Å². The molecule has 0 spiro atoms. The van der Waals surface area contributed by atoms with Crippen LogP contribution in [-0.4, -0.2) is 29.4 Å². The van der Waals surface area contributed by atoms with Gasteiger partial charge in [0, 0.05) is 24.5 Å². The van der Waals surface area contributed by atoms with E-state index in [1.807, 2.05) is 0 Å². The Morgan fingerprint density at radius 2 is 1.94 bits per heavy atom. The van der Waals surface area contributed by atoms with E-state index in [0.717, 1.165) is 12.1 Å². The van der Waals surface area contributed by atoms with Crippen molar-refractivity contribution in [2.24, 2.45) is 0 Å². The van der Waals surface area contributed by atoms with Gasteiger partial charge >= 0.3 is 12.3 Å². The summed E-state index contributed by atoms with van der Waals surface area (Å²) in [6, 6.07) is 5.01. The van der Waals surface area contributed by atoms with Crippen molar-refractivity contribution in [2.75, 3.05) is 11.4 Å². The predicted octanol–water partition coefficient (Wildman–Crippen LogP) is 4.38. The van der Waals surface area contributed by atoms with Crippen LogP contribution in [0, 0.1) is 11.6 Å². The number of alkyl carbamates (subject to hydrolysis) is 1. The summed E-state index contributed by atoms with van der Waals surface area (Å²) >= 11 is 5.71. The summed E-state index contributed by atoms with van der Waals surface area (Å²) in [6.45, 7) is -0.460. The van der Waals surface area contributed by atoms with Crippen LogP contribution in [0.3, 0.4) is 0 Å². The van der Waals surface area contributed by atoms with Crippen LogP contribution in [0.25, 0.3) is 0 Å². The van der Waals surface area contributed by atoms with E-state index in [-0.39, 0.29) is 36.5 Å². The van der Waals surface area contributed by atoms with Crippen LogP contribution in [-0.2, 0) is 22.3 Å². The molecule has 1 unspecified atom stereocenters. The third-order valence-electron chi connectivity index (χ3n) is 4.66. The third kappa shape index (κ3) is 5.28. The number of nitrogens with zero attached hydrogens (tertiary/aromatic N) is 1. The van der Waals surface area contributed by atoms with Gasteiger partial charge in [0.25, 0.3) is 11.7 Å².